The zero-order chi connectivity index (χ0) is 13.1. The number of benzene rings is 1. The maximum absolute atomic E-state index is 13.4. The third-order valence-electron chi connectivity index (χ3n) is 2.90. The average Bonchev–Trinajstić information content (AvgIpc) is 2.35. The van der Waals surface area contributed by atoms with Crippen LogP contribution in [0.2, 0.25) is 10.0 Å². The van der Waals surface area contributed by atoms with Crippen LogP contribution in [0.1, 0.15) is 18.1 Å². The van der Waals surface area contributed by atoms with Crippen molar-refractivity contribution in [3.8, 4) is 0 Å². The molecule has 1 aromatic carbocycles. The third kappa shape index (κ3) is 3.33. The summed E-state index contributed by atoms with van der Waals surface area (Å²) in [4.78, 5) is 0. The van der Waals surface area contributed by atoms with E-state index in [-0.39, 0.29) is 16.1 Å². The minimum absolute atomic E-state index is 0.0450. The first kappa shape index (κ1) is 14.0. The van der Waals surface area contributed by atoms with Gasteiger partial charge in [0.1, 0.15) is 5.82 Å². The Morgan fingerprint density at radius 1 is 1.44 bits per heavy atom. The number of aliphatic hydroxyl groups is 1. The molecule has 100 valence electrons. The molecule has 1 aliphatic heterocycles. The van der Waals surface area contributed by atoms with E-state index in [0.29, 0.717) is 25.2 Å². The third-order valence-corrected chi connectivity index (χ3v) is 3.52. The summed E-state index contributed by atoms with van der Waals surface area (Å²) < 4.78 is 18.6. The van der Waals surface area contributed by atoms with Crippen LogP contribution in [0.3, 0.4) is 0 Å². The molecule has 2 N–H and O–H groups in total. The van der Waals surface area contributed by atoms with E-state index in [2.05, 4.69) is 5.32 Å². The van der Waals surface area contributed by atoms with Gasteiger partial charge < -0.3 is 15.2 Å². The molecule has 1 fully saturated rings. The van der Waals surface area contributed by atoms with Crippen molar-refractivity contribution in [1.29, 1.82) is 0 Å². The van der Waals surface area contributed by atoms with Crippen molar-refractivity contribution in [2.45, 2.75) is 18.6 Å². The predicted octanol–water partition coefficient (Wildman–Crippen LogP) is 2.54. The highest BCUT2D eigenvalue weighted by atomic mass is 35.5. The molecule has 3 nitrogen and oxygen atoms in total. The van der Waals surface area contributed by atoms with Gasteiger partial charge >= 0.3 is 0 Å². The van der Waals surface area contributed by atoms with Gasteiger partial charge in [0.05, 0.1) is 24.3 Å². The van der Waals surface area contributed by atoms with E-state index in [1.807, 2.05) is 0 Å². The molecule has 1 aliphatic rings. The van der Waals surface area contributed by atoms with Crippen LogP contribution in [0.4, 0.5) is 4.39 Å². The molecule has 2 atom stereocenters. The summed E-state index contributed by atoms with van der Waals surface area (Å²) in [5.41, 5.74) is 0.353. The van der Waals surface area contributed by atoms with Gasteiger partial charge in [-0.2, -0.15) is 0 Å². The van der Waals surface area contributed by atoms with Crippen molar-refractivity contribution in [2.24, 2.45) is 0 Å². The van der Waals surface area contributed by atoms with Crippen molar-refractivity contribution in [3.05, 3.63) is 33.6 Å². The molecule has 1 aromatic rings. The van der Waals surface area contributed by atoms with Gasteiger partial charge in [-0.25, -0.2) is 4.39 Å². The van der Waals surface area contributed by atoms with Crippen molar-refractivity contribution in [3.63, 3.8) is 0 Å². The van der Waals surface area contributed by atoms with Crippen LogP contribution in [-0.2, 0) is 4.74 Å². The summed E-state index contributed by atoms with van der Waals surface area (Å²) in [6, 6.07) is 2.53. The minimum atomic E-state index is -0.844. The summed E-state index contributed by atoms with van der Waals surface area (Å²) in [5, 5.41) is 13.5. The summed E-state index contributed by atoms with van der Waals surface area (Å²) in [6.45, 7) is 1.95. The Morgan fingerprint density at radius 2 is 2.22 bits per heavy atom. The fourth-order valence-electron chi connectivity index (χ4n) is 1.96. The van der Waals surface area contributed by atoms with Crippen LogP contribution < -0.4 is 5.32 Å². The normalized spacial score (nSPS) is 21.9. The predicted molar refractivity (Wildman–Crippen MR) is 68.6 cm³/mol. The Labute approximate surface area is 115 Å². The Bertz CT molecular complexity index is 425. The molecule has 0 aromatic heterocycles. The van der Waals surface area contributed by atoms with E-state index >= 15 is 0 Å². The number of nitrogens with one attached hydrogen (secondary N) is 1. The molecule has 18 heavy (non-hydrogen) atoms. The van der Waals surface area contributed by atoms with E-state index in [0.717, 1.165) is 6.54 Å². The first-order chi connectivity index (χ1) is 8.58. The van der Waals surface area contributed by atoms with Crippen LogP contribution in [0.25, 0.3) is 0 Å². The zero-order valence-corrected chi connectivity index (χ0v) is 11.1. The molecule has 6 heteroatoms. The maximum atomic E-state index is 13.4. The van der Waals surface area contributed by atoms with Gasteiger partial charge in [-0.3, -0.25) is 0 Å². The van der Waals surface area contributed by atoms with Crippen molar-refractivity contribution >= 4 is 23.2 Å². The molecule has 0 saturated carbocycles. The highest BCUT2D eigenvalue weighted by molar-refractivity contribution is 6.35. The van der Waals surface area contributed by atoms with Gasteiger partial charge in [0.15, 0.2) is 0 Å². The maximum Gasteiger partial charge on any atom is 0.142 e. The van der Waals surface area contributed by atoms with Crippen molar-refractivity contribution < 1.29 is 14.2 Å². The van der Waals surface area contributed by atoms with Crippen LogP contribution >= 0.6 is 23.2 Å². The van der Waals surface area contributed by atoms with Crippen LogP contribution in [0.5, 0.6) is 0 Å². The summed E-state index contributed by atoms with van der Waals surface area (Å²) >= 11 is 11.6. The van der Waals surface area contributed by atoms with Gasteiger partial charge in [0, 0.05) is 23.2 Å². The second kappa shape index (κ2) is 6.17. The molecule has 1 heterocycles. The SMILES string of the molecule is OC(CC1COCCN1)c1cc(F)c(Cl)cc1Cl. The Kier molecular flexibility index (Phi) is 4.81. The lowest BCUT2D eigenvalue weighted by Crippen LogP contribution is -2.42. The lowest BCUT2D eigenvalue weighted by atomic mass is 10.0. The highest BCUT2D eigenvalue weighted by Gasteiger charge is 2.21. The number of morpholine rings is 1. The van der Waals surface area contributed by atoms with Crippen LogP contribution in [0.15, 0.2) is 12.1 Å². The lowest BCUT2D eigenvalue weighted by Gasteiger charge is -2.26. The number of hydrogen-bond acceptors (Lipinski definition) is 3. The summed E-state index contributed by atoms with van der Waals surface area (Å²) in [5.74, 6) is -0.581. The standard InChI is InChI=1S/C12H14Cl2FNO2/c13-9-5-10(14)11(15)4-8(9)12(17)3-7-6-18-2-1-16-7/h4-5,7,12,16-17H,1-3,6H2. The molecule has 0 aliphatic carbocycles. The molecule has 2 rings (SSSR count). The number of ether oxygens (including phenoxy) is 1. The number of hydrogen-bond donors (Lipinski definition) is 2. The highest BCUT2D eigenvalue weighted by Crippen LogP contribution is 2.30. The van der Waals surface area contributed by atoms with E-state index in [1.54, 1.807) is 0 Å². The minimum Gasteiger partial charge on any atom is -0.388 e. The fraction of sp³-hybridized carbons (Fsp3) is 0.500. The van der Waals surface area contributed by atoms with Crippen molar-refractivity contribution in [1.82, 2.24) is 5.32 Å². The van der Waals surface area contributed by atoms with E-state index < -0.39 is 11.9 Å². The Balaban J connectivity index is 2.08. The Hall–Kier alpha value is -0.390. The van der Waals surface area contributed by atoms with Gasteiger partial charge in [-0.15, -0.1) is 0 Å². The monoisotopic (exact) mass is 293 g/mol. The molecule has 2 unspecified atom stereocenters. The smallest absolute Gasteiger partial charge is 0.142 e. The molecular weight excluding hydrogens is 280 g/mol. The van der Waals surface area contributed by atoms with Gasteiger partial charge in [0.2, 0.25) is 0 Å². The van der Waals surface area contributed by atoms with E-state index in [4.69, 9.17) is 27.9 Å². The second-order valence-electron chi connectivity index (χ2n) is 4.27. The van der Waals surface area contributed by atoms with Gasteiger partial charge in [0.25, 0.3) is 0 Å². The molecule has 0 bridgehead atoms. The van der Waals surface area contributed by atoms with E-state index in [1.165, 1.54) is 12.1 Å². The van der Waals surface area contributed by atoms with Crippen LogP contribution in [-0.4, -0.2) is 30.9 Å². The largest absolute Gasteiger partial charge is 0.388 e. The fourth-order valence-corrected chi connectivity index (χ4v) is 2.47. The number of rotatable bonds is 3. The molecular formula is C12H14Cl2FNO2. The summed E-state index contributed by atoms with van der Waals surface area (Å²) in [7, 11) is 0. The number of halogens is 3. The average molecular weight is 294 g/mol. The topological polar surface area (TPSA) is 41.5 Å². The molecule has 0 amide bonds. The first-order valence-corrected chi connectivity index (χ1v) is 6.47. The molecule has 0 radical (unpaired) electrons. The van der Waals surface area contributed by atoms with E-state index in [9.17, 15) is 9.50 Å². The van der Waals surface area contributed by atoms with Crippen LogP contribution in [0, 0.1) is 5.82 Å². The quantitative estimate of drug-likeness (QED) is 0.842. The van der Waals surface area contributed by atoms with Gasteiger partial charge in [-0.05, 0) is 18.6 Å². The van der Waals surface area contributed by atoms with Crippen molar-refractivity contribution in [2.75, 3.05) is 19.8 Å². The Morgan fingerprint density at radius 3 is 2.89 bits per heavy atom. The summed E-state index contributed by atoms with van der Waals surface area (Å²) in [6.07, 6.45) is -0.427. The first-order valence-electron chi connectivity index (χ1n) is 5.71. The number of aliphatic hydroxyl groups excluding tert-OH is 1. The molecule has 0 spiro atoms. The van der Waals surface area contributed by atoms with Gasteiger partial charge in [-0.1, -0.05) is 23.2 Å². The zero-order valence-electron chi connectivity index (χ0n) is 9.63. The second-order valence-corrected chi connectivity index (χ2v) is 5.08. The lowest BCUT2D eigenvalue weighted by molar-refractivity contribution is 0.0518. The molecule has 1 saturated heterocycles.